The number of nitrogens with one attached hydrogen (secondary N) is 2. The minimum absolute atomic E-state index is 0.0933. The van der Waals surface area contributed by atoms with Crippen molar-refractivity contribution in [2.24, 2.45) is 0 Å². The van der Waals surface area contributed by atoms with E-state index >= 15 is 0 Å². The fourth-order valence-electron chi connectivity index (χ4n) is 2.80. The monoisotopic (exact) mass is 422 g/mol. The predicted octanol–water partition coefficient (Wildman–Crippen LogP) is 2.86. The minimum atomic E-state index is -0.382. The van der Waals surface area contributed by atoms with Crippen LogP contribution in [0.1, 0.15) is 11.1 Å². The third-order valence-electron chi connectivity index (χ3n) is 4.06. The van der Waals surface area contributed by atoms with Crippen LogP contribution in [-0.4, -0.2) is 36.7 Å². The first-order chi connectivity index (χ1) is 14.0. The summed E-state index contributed by atoms with van der Waals surface area (Å²) in [6.07, 6.45) is 0.418. The lowest BCUT2D eigenvalue weighted by Gasteiger charge is -2.21. The van der Waals surface area contributed by atoms with Crippen molar-refractivity contribution in [1.29, 1.82) is 0 Å². The average Bonchev–Trinajstić information content (AvgIpc) is 2.69. The molecule has 0 radical (unpaired) electrons. The number of benzene rings is 2. The van der Waals surface area contributed by atoms with Gasteiger partial charge in [-0.3, -0.25) is 9.59 Å². The van der Waals surface area contributed by atoms with Crippen molar-refractivity contribution in [1.82, 2.24) is 5.32 Å². The highest BCUT2D eigenvalue weighted by Gasteiger charge is 2.17. The maximum atomic E-state index is 13.7. The van der Waals surface area contributed by atoms with Gasteiger partial charge in [-0.2, -0.15) is 0 Å². The number of carbonyl (C=O) groups is 2. The van der Waals surface area contributed by atoms with Crippen molar-refractivity contribution < 1.29 is 27.8 Å². The van der Waals surface area contributed by atoms with Gasteiger partial charge >= 0.3 is 0 Å². The van der Waals surface area contributed by atoms with Crippen molar-refractivity contribution in [3.8, 4) is 5.75 Å². The van der Waals surface area contributed by atoms with Gasteiger partial charge in [0.2, 0.25) is 11.8 Å². The van der Waals surface area contributed by atoms with Crippen LogP contribution in [-0.2, 0) is 27.4 Å². The molecule has 3 rings (SSSR count). The van der Waals surface area contributed by atoms with Gasteiger partial charge in [0.15, 0.2) is 6.79 Å². The molecule has 29 heavy (non-hydrogen) atoms. The van der Waals surface area contributed by atoms with Gasteiger partial charge in [-0.05, 0) is 48.4 Å². The zero-order valence-corrected chi connectivity index (χ0v) is 16.3. The third-order valence-corrected chi connectivity index (χ3v) is 5.00. The smallest absolute Gasteiger partial charge is 0.234 e. The van der Waals surface area contributed by atoms with Gasteiger partial charge in [0, 0.05) is 17.8 Å². The molecule has 2 aromatic carbocycles. The Balaban J connectivity index is 1.37. The predicted molar refractivity (Wildman–Crippen MR) is 106 cm³/mol. The Morgan fingerprint density at radius 2 is 1.79 bits per heavy atom. The Morgan fingerprint density at radius 3 is 2.59 bits per heavy atom. The molecule has 0 bridgehead atoms. The summed E-state index contributed by atoms with van der Waals surface area (Å²) in [5.74, 6) is -0.439. The second kappa shape index (κ2) is 10.2. The molecule has 0 aliphatic carbocycles. The summed E-state index contributed by atoms with van der Waals surface area (Å²) in [5.41, 5.74) is 1.82. The van der Waals surface area contributed by atoms with Crippen LogP contribution in [0.3, 0.4) is 0 Å². The van der Waals surface area contributed by atoms with Gasteiger partial charge in [-0.25, -0.2) is 8.78 Å². The minimum Gasteiger partial charge on any atom is -0.467 e. The van der Waals surface area contributed by atoms with Gasteiger partial charge < -0.3 is 20.1 Å². The zero-order chi connectivity index (χ0) is 20.6. The molecule has 0 saturated heterocycles. The van der Waals surface area contributed by atoms with E-state index in [1.54, 1.807) is 0 Å². The third kappa shape index (κ3) is 6.43. The Kier molecular flexibility index (Phi) is 7.42. The van der Waals surface area contributed by atoms with Crippen LogP contribution in [0.5, 0.6) is 5.75 Å². The summed E-state index contributed by atoms with van der Waals surface area (Å²) >= 11 is 1.16. The van der Waals surface area contributed by atoms with Gasteiger partial charge in [-0.1, -0.05) is 0 Å². The molecule has 1 aliphatic heterocycles. The van der Waals surface area contributed by atoms with Crippen LogP contribution in [0.25, 0.3) is 0 Å². The van der Waals surface area contributed by atoms with E-state index in [4.69, 9.17) is 9.47 Å². The van der Waals surface area contributed by atoms with E-state index in [2.05, 4.69) is 10.6 Å². The highest BCUT2D eigenvalue weighted by Crippen LogP contribution is 2.29. The summed E-state index contributed by atoms with van der Waals surface area (Å²) in [6.45, 7) is 0.735. The molecule has 0 spiro atoms. The van der Waals surface area contributed by atoms with Crippen LogP contribution in [0, 0.1) is 11.6 Å². The van der Waals surface area contributed by atoms with Gasteiger partial charge in [0.05, 0.1) is 18.1 Å². The number of thioether (sulfide) groups is 1. The van der Waals surface area contributed by atoms with Gasteiger partial charge in [0.25, 0.3) is 0 Å². The number of hydrogen-bond donors (Lipinski definition) is 2. The maximum Gasteiger partial charge on any atom is 0.234 e. The van der Waals surface area contributed by atoms with E-state index in [0.29, 0.717) is 42.1 Å². The molecule has 2 amide bonds. The molecule has 1 heterocycles. The van der Waals surface area contributed by atoms with Crippen molar-refractivity contribution in [3.05, 3.63) is 59.2 Å². The zero-order valence-electron chi connectivity index (χ0n) is 15.5. The SMILES string of the molecule is O=C(CSCC(=O)Nc1ccc(F)cc1)NCCc1cc(F)cc2c1OCOC2. The summed E-state index contributed by atoms with van der Waals surface area (Å²) in [7, 11) is 0. The number of hydrogen-bond acceptors (Lipinski definition) is 5. The summed E-state index contributed by atoms with van der Waals surface area (Å²) in [4.78, 5) is 23.8. The number of amides is 2. The molecular formula is C20H20F2N2O4S. The maximum absolute atomic E-state index is 13.7. The number of anilines is 1. The molecule has 0 atom stereocenters. The van der Waals surface area contributed by atoms with E-state index in [1.165, 1.54) is 36.4 Å². The second-order valence-electron chi connectivity index (χ2n) is 6.31. The fraction of sp³-hybridized carbons (Fsp3) is 0.300. The molecule has 0 unspecified atom stereocenters. The lowest BCUT2D eigenvalue weighted by Crippen LogP contribution is -2.28. The van der Waals surface area contributed by atoms with Crippen LogP contribution < -0.4 is 15.4 Å². The Hall–Kier alpha value is -2.65. The van der Waals surface area contributed by atoms with E-state index in [1.807, 2.05) is 0 Å². The Morgan fingerprint density at radius 1 is 1.03 bits per heavy atom. The molecular weight excluding hydrogens is 402 g/mol. The molecule has 9 heteroatoms. The van der Waals surface area contributed by atoms with E-state index in [-0.39, 0.29) is 41.7 Å². The average molecular weight is 422 g/mol. The Bertz CT molecular complexity index is 878. The molecule has 6 nitrogen and oxygen atoms in total. The van der Waals surface area contributed by atoms with Crippen molar-refractivity contribution in [2.45, 2.75) is 13.0 Å². The molecule has 1 aliphatic rings. The first-order valence-corrected chi connectivity index (χ1v) is 10.1. The quantitative estimate of drug-likeness (QED) is 0.684. The molecule has 0 aromatic heterocycles. The first-order valence-electron chi connectivity index (χ1n) is 8.93. The number of ether oxygens (including phenoxy) is 2. The topological polar surface area (TPSA) is 76.7 Å². The lowest BCUT2D eigenvalue weighted by molar-refractivity contribution is -0.118. The largest absolute Gasteiger partial charge is 0.467 e. The van der Waals surface area contributed by atoms with E-state index < -0.39 is 0 Å². The molecule has 2 aromatic rings. The van der Waals surface area contributed by atoms with Crippen molar-refractivity contribution in [3.63, 3.8) is 0 Å². The fourth-order valence-corrected chi connectivity index (χ4v) is 3.44. The molecule has 0 fully saturated rings. The summed E-state index contributed by atoms with van der Waals surface area (Å²) in [6, 6.07) is 8.21. The molecule has 2 N–H and O–H groups in total. The molecule has 0 saturated carbocycles. The number of fused-ring (bicyclic) bond motifs is 1. The standard InChI is InChI=1S/C20H20F2N2O4S/c21-15-1-3-17(4-2-15)24-19(26)11-29-10-18(25)23-6-5-13-7-16(22)8-14-9-27-12-28-20(13)14/h1-4,7-8H,5-6,9-12H2,(H,23,25)(H,24,26). The highest BCUT2D eigenvalue weighted by atomic mass is 32.2. The Labute approximate surface area is 171 Å². The number of halogens is 2. The van der Waals surface area contributed by atoms with Gasteiger partial charge in [0.1, 0.15) is 17.4 Å². The number of rotatable bonds is 8. The second-order valence-corrected chi connectivity index (χ2v) is 7.30. The van der Waals surface area contributed by atoms with Crippen LogP contribution in [0.2, 0.25) is 0 Å². The highest BCUT2D eigenvalue weighted by molar-refractivity contribution is 8.00. The summed E-state index contributed by atoms with van der Waals surface area (Å²) < 4.78 is 37.1. The number of carbonyl (C=O) groups excluding carboxylic acids is 2. The van der Waals surface area contributed by atoms with E-state index in [0.717, 1.165) is 11.8 Å². The molecule has 154 valence electrons. The van der Waals surface area contributed by atoms with Crippen LogP contribution in [0.4, 0.5) is 14.5 Å². The lowest BCUT2D eigenvalue weighted by atomic mass is 10.1. The van der Waals surface area contributed by atoms with Crippen LogP contribution in [0.15, 0.2) is 36.4 Å². The normalized spacial score (nSPS) is 12.6. The van der Waals surface area contributed by atoms with Crippen LogP contribution >= 0.6 is 11.8 Å². The first kappa shape index (κ1) is 21.1. The van der Waals surface area contributed by atoms with Crippen molar-refractivity contribution >= 4 is 29.3 Å². The van der Waals surface area contributed by atoms with Crippen molar-refractivity contribution in [2.75, 3.05) is 30.2 Å². The van der Waals surface area contributed by atoms with Gasteiger partial charge in [-0.15, -0.1) is 11.8 Å². The van der Waals surface area contributed by atoms with E-state index in [9.17, 15) is 18.4 Å². The summed E-state index contributed by atoms with van der Waals surface area (Å²) in [5, 5.41) is 5.37.